The summed E-state index contributed by atoms with van der Waals surface area (Å²) in [5, 5.41) is 2.74. The molecule has 152 valence electrons. The lowest BCUT2D eigenvalue weighted by Gasteiger charge is -2.15. The predicted molar refractivity (Wildman–Crippen MR) is 107 cm³/mol. The first kappa shape index (κ1) is 20.5. The van der Waals surface area contributed by atoms with Crippen molar-refractivity contribution >= 4 is 27.7 Å². The molecule has 0 radical (unpaired) electrons. The fourth-order valence-electron chi connectivity index (χ4n) is 2.84. The Kier molecular flexibility index (Phi) is 5.97. The van der Waals surface area contributed by atoms with Crippen molar-refractivity contribution in [3.05, 3.63) is 65.7 Å². The largest absolute Gasteiger partial charge is 0.454 e. The minimum Gasteiger partial charge on any atom is -0.454 e. The third-order valence-corrected chi connectivity index (χ3v) is 5.75. The lowest BCUT2D eigenvalue weighted by molar-refractivity contribution is -0.149. The maximum absolute atomic E-state index is 12.2. The molecule has 1 aliphatic heterocycles. The van der Waals surface area contributed by atoms with E-state index in [9.17, 15) is 18.0 Å². The molecule has 2 aromatic rings. The van der Waals surface area contributed by atoms with Crippen LogP contribution in [0, 0.1) is 0 Å². The van der Waals surface area contributed by atoms with Crippen LogP contribution in [0.25, 0.3) is 0 Å². The lowest BCUT2D eigenvalue weighted by Crippen LogP contribution is -2.33. The standard InChI is InChI=1S/C20H21N3O5S/c1-13(15-8-4-3-5-9-15)21-18(24)12-28-20(25)14(2)22-19-16-10-6-7-11-17(16)29(26,27)23-19/h3-11,13-14H,12H2,1-2H3,(H,21,24)(H,22,23)/t13-,14+/m1/s1. The summed E-state index contributed by atoms with van der Waals surface area (Å²) in [5.74, 6) is -1.10. The number of rotatable bonds is 6. The first-order valence-corrected chi connectivity index (χ1v) is 10.5. The Morgan fingerprint density at radius 1 is 1.07 bits per heavy atom. The van der Waals surface area contributed by atoms with Gasteiger partial charge in [-0.25, -0.2) is 13.2 Å². The summed E-state index contributed by atoms with van der Waals surface area (Å²) in [5.41, 5.74) is 1.32. The second-order valence-electron chi connectivity index (χ2n) is 6.56. The van der Waals surface area contributed by atoms with E-state index in [2.05, 4.69) is 15.0 Å². The van der Waals surface area contributed by atoms with Crippen LogP contribution in [0.15, 0.2) is 64.5 Å². The number of carbonyl (C=O) groups excluding carboxylic acids is 2. The maximum atomic E-state index is 12.2. The zero-order valence-corrected chi connectivity index (χ0v) is 16.8. The Morgan fingerprint density at radius 3 is 2.45 bits per heavy atom. The van der Waals surface area contributed by atoms with Gasteiger partial charge in [0.2, 0.25) is 0 Å². The molecule has 0 saturated carbocycles. The van der Waals surface area contributed by atoms with Gasteiger partial charge < -0.3 is 10.1 Å². The monoisotopic (exact) mass is 415 g/mol. The van der Waals surface area contributed by atoms with Crippen LogP contribution in [0.3, 0.4) is 0 Å². The van der Waals surface area contributed by atoms with Crippen molar-refractivity contribution in [1.29, 1.82) is 0 Å². The highest BCUT2D eigenvalue weighted by Crippen LogP contribution is 2.22. The molecule has 0 fully saturated rings. The summed E-state index contributed by atoms with van der Waals surface area (Å²) in [4.78, 5) is 28.4. The van der Waals surface area contributed by atoms with Crippen molar-refractivity contribution in [2.45, 2.75) is 30.8 Å². The molecule has 2 N–H and O–H groups in total. The van der Waals surface area contributed by atoms with Gasteiger partial charge in [-0.15, -0.1) is 0 Å². The predicted octanol–water partition coefficient (Wildman–Crippen LogP) is 1.53. The average molecular weight is 415 g/mol. The third-order valence-electron chi connectivity index (χ3n) is 4.35. The zero-order chi connectivity index (χ0) is 21.0. The Balaban J connectivity index is 1.57. The molecule has 9 heteroatoms. The Morgan fingerprint density at radius 2 is 1.72 bits per heavy atom. The molecule has 0 aromatic heterocycles. The van der Waals surface area contributed by atoms with E-state index in [0.717, 1.165) is 5.56 Å². The molecule has 0 unspecified atom stereocenters. The smallest absolute Gasteiger partial charge is 0.331 e. The number of ether oxygens (including phenoxy) is 1. The van der Waals surface area contributed by atoms with Crippen molar-refractivity contribution in [3.8, 4) is 0 Å². The molecular weight excluding hydrogens is 394 g/mol. The van der Waals surface area contributed by atoms with Gasteiger partial charge in [0.25, 0.3) is 15.9 Å². The average Bonchev–Trinajstić information content (AvgIpc) is 2.97. The number of esters is 1. The SMILES string of the molecule is C[C@H](N=C1NS(=O)(=O)c2ccccc21)C(=O)OCC(=O)N[C@H](C)c1ccccc1. The number of benzene rings is 2. The molecule has 1 amide bonds. The van der Waals surface area contributed by atoms with E-state index in [1.807, 2.05) is 37.3 Å². The van der Waals surface area contributed by atoms with Crippen LogP contribution in [-0.2, 0) is 24.3 Å². The fraction of sp³-hybridized carbons (Fsp3) is 0.250. The van der Waals surface area contributed by atoms with Crippen LogP contribution >= 0.6 is 0 Å². The highest BCUT2D eigenvalue weighted by Gasteiger charge is 2.31. The van der Waals surface area contributed by atoms with E-state index in [1.54, 1.807) is 18.2 Å². The molecule has 0 saturated heterocycles. The van der Waals surface area contributed by atoms with Crippen LogP contribution in [0.4, 0.5) is 0 Å². The van der Waals surface area contributed by atoms with Gasteiger partial charge in [-0.1, -0.05) is 42.5 Å². The number of nitrogens with one attached hydrogen (secondary N) is 2. The van der Waals surface area contributed by atoms with Crippen molar-refractivity contribution in [2.75, 3.05) is 6.61 Å². The minimum absolute atomic E-state index is 0.0761. The maximum Gasteiger partial charge on any atom is 0.331 e. The second-order valence-corrected chi connectivity index (χ2v) is 8.21. The molecule has 1 heterocycles. The third kappa shape index (κ3) is 4.80. The normalized spacial score (nSPS) is 17.7. The molecule has 3 rings (SSSR count). The number of aliphatic imine (C=N–C) groups is 1. The first-order valence-electron chi connectivity index (χ1n) is 8.99. The summed E-state index contributed by atoms with van der Waals surface area (Å²) < 4.78 is 31.5. The summed E-state index contributed by atoms with van der Waals surface area (Å²) in [6.45, 7) is 2.84. The molecule has 29 heavy (non-hydrogen) atoms. The van der Waals surface area contributed by atoms with Gasteiger partial charge in [-0.2, -0.15) is 0 Å². The van der Waals surface area contributed by atoms with E-state index in [4.69, 9.17) is 4.74 Å². The second kappa shape index (κ2) is 8.44. The van der Waals surface area contributed by atoms with E-state index in [0.29, 0.717) is 5.56 Å². The van der Waals surface area contributed by atoms with Gasteiger partial charge in [0.05, 0.1) is 10.9 Å². The Bertz CT molecular complexity index is 1050. The summed E-state index contributed by atoms with van der Waals surface area (Å²) in [6, 6.07) is 14.5. The van der Waals surface area contributed by atoms with E-state index in [1.165, 1.54) is 13.0 Å². The van der Waals surface area contributed by atoms with Gasteiger partial charge in [-0.05, 0) is 31.5 Å². The number of fused-ring (bicyclic) bond motifs is 1. The Labute approximate surface area is 169 Å². The van der Waals surface area contributed by atoms with E-state index in [-0.39, 0.29) is 16.8 Å². The Hall–Kier alpha value is -3.20. The van der Waals surface area contributed by atoms with Crippen molar-refractivity contribution in [3.63, 3.8) is 0 Å². The molecule has 0 spiro atoms. The number of hydrogen-bond acceptors (Lipinski definition) is 6. The number of amides is 1. The summed E-state index contributed by atoms with van der Waals surface area (Å²) in [7, 11) is -3.69. The number of amidine groups is 1. The number of carbonyl (C=O) groups is 2. The van der Waals surface area contributed by atoms with Crippen LogP contribution in [0.5, 0.6) is 0 Å². The number of sulfonamides is 1. The van der Waals surface area contributed by atoms with Crippen molar-refractivity contribution < 1.29 is 22.7 Å². The van der Waals surface area contributed by atoms with E-state index >= 15 is 0 Å². The van der Waals surface area contributed by atoms with Crippen molar-refractivity contribution in [1.82, 2.24) is 10.0 Å². The van der Waals surface area contributed by atoms with Crippen LogP contribution in [0.2, 0.25) is 0 Å². The topological polar surface area (TPSA) is 114 Å². The summed E-state index contributed by atoms with van der Waals surface area (Å²) >= 11 is 0. The molecular formula is C20H21N3O5S. The van der Waals surface area contributed by atoms with Crippen LogP contribution in [0.1, 0.15) is 31.0 Å². The number of nitrogens with zero attached hydrogens (tertiary/aromatic N) is 1. The highest BCUT2D eigenvalue weighted by molar-refractivity contribution is 7.90. The lowest BCUT2D eigenvalue weighted by atomic mass is 10.1. The van der Waals surface area contributed by atoms with Gasteiger partial charge in [-0.3, -0.25) is 14.5 Å². The molecule has 8 nitrogen and oxygen atoms in total. The fourth-order valence-corrected chi connectivity index (χ4v) is 4.08. The van der Waals surface area contributed by atoms with Gasteiger partial charge >= 0.3 is 5.97 Å². The minimum atomic E-state index is -3.69. The highest BCUT2D eigenvalue weighted by atomic mass is 32.2. The van der Waals surface area contributed by atoms with Crippen LogP contribution < -0.4 is 10.0 Å². The molecule has 2 atom stereocenters. The zero-order valence-electron chi connectivity index (χ0n) is 16.0. The first-order chi connectivity index (χ1) is 13.8. The van der Waals surface area contributed by atoms with Gasteiger partial charge in [0.15, 0.2) is 6.61 Å². The van der Waals surface area contributed by atoms with E-state index < -0.39 is 34.5 Å². The molecule has 0 aliphatic carbocycles. The molecule has 2 aromatic carbocycles. The molecule has 0 bridgehead atoms. The van der Waals surface area contributed by atoms with Crippen molar-refractivity contribution in [2.24, 2.45) is 4.99 Å². The van der Waals surface area contributed by atoms with Crippen LogP contribution in [-0.4, -0.2) is 38.8 Å². The molecule has 1 aliphatic rings. The van der Waals surface area contributed by atoms with Gasteiger partial charge in [0.1, 0.15) is 11.9 Å². The van der Waals surface area contributed by atoms with Gasteiger partial charge in [0, 0.05) is 5.56 Å². The number of hydrogen-bond donors (Lipinski definition) is 2. The quantitative estimate of drug-likeness (QED) is 0.695. The summed E-state index contributed by atoms with van der Waals surface area (Å²) in [6.07, 6.45) is 0.